The molecule has 11 atom stereocenters. The van der Waals surface area contributed by atoms with E-state index < -0.39 is 119 Å². The Hall–Kier alpha value is -6.80. The van der Waals surface area contributed by atoms with E-state index in [1.54, 1.807) is 92.7 Å². The second kappa shape index (κ2) is 23.2. The molecular formula is C57H69N3O16. The monoisotopic (exact) mass is 1050 g/mol. The summed E-state index contributed by atoms with van der Waals surface area (Å²) in [5.41, 5.74) is -7.53. The maximum absolute atomic E-state index is 15.8. The van der Waals surface area contributed by atoms with Gasteiger partial charge in [-0.05, 0) is 88.3 Å². The molecule has 76 heavy (non-hydrogen) atoms. The molecule has 1 heterocycles. The molecule has 0 aromatic heterocycles. The highest BCUT2D eigenvalue weighted by atomic mass is 16.6. The number of nitrogens with one attached hydrogen (secondary N) is 2. The largest absolute Gasteiger partial charge is 0.455 e. The summed E-state index contributed by atoms with van der Waals surface area (Å²) in [6.07, 6.45) is -10.5. The average Bonchev–Trinajstić information content (AvgIpc) is 3.48. The number of benzene rings is 3. The van der Waals surface area contributed by atoms with E-state index in [4.69, 9.17) is 28.4 Å². The molecule has 0 radical (unpaired) electrons. The van der Waals surface area contributed by atoms with Gasteiger partial charge in [0.2, 0.25) is 12.0 Å². The van der Waals surface area contributed by atoms with Crippen LogP contribution in [0.4, 0.5) is 0 Å². The zero-order valence-corrected chi connectivity index (χ0v) is 44.2. The number of fused-ring (bicyclic) bond motifs is 5. The molecule has 3 aromatic rings. The van der Waals surface area contributed by atoms with Gasteiger partial charge >= 0.3 is 29.8 Å². The van der Waals surface area contributed by atoms with Crippen molar-refractivity contribution >= 4 is 47.4 Å². The van der Waals surface area contributed by atoms with Gasteiger partial charge in [0.25, 0.3) is 5.91 Å². The Morgan fingerprint density at radius 3 is 2.01 bits per heavy atom. The van der Waals surface area contributed by atoms with Crippen LogP contribution in [0.3, 0.4) is 0 Å². The smallest absolute Gasteiger partial charge is 0.350 e. The second-order valence-electron chi connectivity index (χ2n) is 21.2. The first kappa shape index (κ1) is 56.9. The van der Waals surface area contributed by atoms with Crippen LogP contribution < -0.4 is 10.6 Å². The first-order chi connectivity index (χ1) is 36.0. The molecule has 1 saturated heterocycles. The normalized spacial score (nSPS) is 28.1. The Labute approximate surface area is 441 Å². The summed E-state index contributed by atoms with van der Waals surface area (Å²) >= 11 is 0. The van der Waals surface area contributed by atoms with Crippen LogP contribution in [-0.4, -0.2) is 144 Å². The predicted molar refractivity (Wildman–Crippen MR) is 272 cm³/mol. The maximum atomic E-state index is 15.8. The molecule has 0 spiro atoms. The van der Waals surface area contributed by atoms with Crippen molar-refractivity contribution in [3.05, 3.63) is 119 Å². The van der Waals surface area contributed by atoms with E-state index in [0.29, 0.717) is 18.5 Å². The van der Waals surface area contributed by atoms with Crippen molar-refractivity contribution in [3.63, 3.8) is 0 Å². The molecule has 19 nitrogen and oxygen atoms in total. The molecule has 3 fully saturated rings. The van der Waals surface area contributed by atoms with Gasteiger partial charge < -0.3 is 54.2 Å². The molecule has 2 saturated carbocycles. The Balaban J connectivity index is 1.35. The van der Waals surface area contributed by atoms with E-state index in [0.717, 1.165) is 20.4 Å². The van der Waals surface area contributed by atoms with Crippen molar-refractivity contribution in [1.29, 1.82) is 0 Å². The fourth-order valence-corrected chi connectivity index (χ4v) is 11.6. The lowest BCUT2D eigenvalue weighted by Crippen LogP contribution is -2.82. The van der Waals surface area contributed by atoms with Gasteiger partial charge in [0.05, 0.1) is 29.6 Å². The van der Waals surface area contributed by atoms with Gasteiger partial charge in [0, 0.05) is 57.1 Å². The van der Waals surface area contributed by atoms with Crippen LogP contribution in [0.1, 0.15) is 112 Å². The summed E-state index contributed by atoms with van der Waals surface area (Å²) < 4.78 is 36.9. The molecule has 408 valence electrons. The number of nitrogens with zero attached hydrogens (tertiary/aromatic N) is 1. The summed E-state index contributed by atoms with van der Waals surface area (Å²) in [5, 5.41) is 31.9. The molecule has 4 aliphatic rings. The van der Waals surface area contributed by atoms with E-state index in [-0.39, 0.29) is 60.5 Å². The number of rotatable bonds is 19. The van der Waals surface area contributed by atoms with Gasteiger partial charge in [-0.2, -0.15) is 0 Å². The fourth-order valence-electron chi connectivity index (χ4n) is 11.6. The number of aliphatic hydroxyl groups is 2. The highest BCUT2D eigenvalue weighted by Crippen LogP contribution is 2.64. The van der Waals surface area contributed by atoms with Gasteiger partial charge in [0.15, 0.2) is 17.5 Å². The Bertz CT molecular complexity index is 2700. The summed E-state index contributed by atoms with van der Waals surface area (Å²) in [4.78, 5) is 115. The van der Waals surface area contributed by atoms with Crippen LogP contribution in [0.2, 0.25) is 0 Å². The van der Waals surface area contributed by atoms with Crippen molar-refractivity contribution in [2.45, 2.75) is 134 Å². The molecule has 7 rings (SSSR count). The lowest BCUT2D eigenvalue weighted by atomic mass is 9.44. The third-order valence-electron chi connectivity index (χ3n) is 15.6. The number of hydrogen-bond acceptors (Lipinski definition) is 17. The number of amides is 2. The van der Waals surface area contributed by atoms with E-state index in [1.807, 2.05) is 19.0 Å². The zero-order valence-electron chi connectivity index (χ0n) is 44.2. The number of hydrogen-bond donors (Lipinski definition) is 4. The molecule has 1 aliphatic heterocycles. The number of ether oxygens (including phenoxy) is 6. The summed E-state index contributed by atoms with van der Waals surface area (Å²) in [6, 6.07) is 22.7. The van der Waals surface area contributed by atoms with Crippen molar-refractivity contribution in [3.8, 4) is 0 Å². The third kappa shape index (κ3) is 11.3. The molecule has 19 heteroatoms. The highest BCUT2D eigenvalue weighted by molar-refractivity contribution is 5.96. The molecular weight excluding hydrogens is 983 g/mol. The Morgan fingerprint density at radius 2 is 1.43 bits per heavy atom. The summed E-state index contributed by atoms with van der Waals surface area (Å²) in [5.74, 6) is -8.30. The molecule has 3 aromatic carbocycles. The van der Waals surface area contributed by atoms with Crippen LogP contribution in [0.5, 0.6) is 0 Å². The lowest BCUT2D eigenvalue weighted by Gasteiger charge is -2.67. The maximum Gasteiger partial charge on any atom is 0.350 e. The first-order valence-corrected chi connectivity index (χ1v) is 25.6. The number of carbonyl (C=O) groups is 8. The van der Waals surface area contributed by atoms with Crippen molar-refractivity contribution in [2.24, 2.45) is 16.7 Å². The summed E-state index contributed by atoms with van der Waals surface area (Å²) in [6.45, 7) is 9.04. The molecule has 2 bridgehead atoms. The quantitative estimate of drug-likeness (QED) is 0.0557. The highest BCUT2D eigenvalue weighted by Gasteiger charge is 2.78. The zero-order chi connectivity index (χ0) is 55.3. The third-order valence-corrected chi connectivity index (χ3v) is 15.6. The topological polar surface area (TPSA) is 260 Å². The molecule has 4 N–H and O–H groups in total. The van der Waals surface area contributed by atoms with Gasteiger partial charge in [-0.1, -0.05) is 80.6 Å². The van der Waals surface area contributed by atoms with Gasteiger partial charge in [-0.3, -0.25) is 28.8 Å². The number of carbonyl (C=O) groups excluding carboxylic acids is 8. The minimum absolute atomic E-state index is 0.0343. The van der Waals surface area contributed by atoms with Gasteiger partial charge in [-0.15, -0.1) is 0 Å². The summed E-state index contributed by atoms with van der Waals surface area (Å²) in [7, 11) is 3.84. The van der Waals surface area contributed by atoms with Crippen LogP contribution in [0.25, 0.3) is 0 Å². The lowest BCUT2D eigenvalue weighted by molar-refractivity contribution is -0.346. The number of aliphatic hydroxyl groups excluding tert-OH is 1. The number of ketones is 1. The van der Waals surface area contributed by atoms with Gasteiger partial charge in [-0.25, -0.2) is 9.59 Å². The van der Waals surface area contributed by atoms with E-state index >= 15 is 9.59 Å². The molecule has 2 amide bonds. The SMILES string of the molecule is CC(=O)O[C@H]1C(=O)[C@@]2(C)[C@H]([C@H](OC(=O)c3ccccc3)[C@]3(O)C[C@H](OC(=O)C(OC(=O)CCCC(=O)NCCCN(C)C)C(NC(=O)c4ccccc4)c4ccccc4)C(C)=C1C3(C)C)[C@]1(OC(C)=O)CO[C@@H]1C[C@@H]2O. The van der Waals surface area contributed by atoms with E-state index in [2.05, 4.69) is 10.6 Å². The minimum atomic E-state index is -2.48. The Kier molecular flexibility index (Phi) is 17.4. The predicted octanol–water partition coefficient (Wildman–Crippen LogP) is 4.52. The standard InChI is InChI=1S/C57H69N3O16/c1-33-39(73-53(69)47(74-43(65)27-18-26-42(64)58-28-19-29-60(7)8)45(36-20-12-9-13-21-36)59-51(67)37-22-14-10-15-23-37)31-57(70)50(75-52(68)38-24-16-11-17-25-38)48-55(6,40(63)30-41-56(48,32-71-41)76-35(3)62)49(66)46(72-34(2)61)44(33)54(57,4)5/h9-17,20-25,39-41,45-48,50,63,70H,18-19,26-32H2,1-8H3,(H,58,64)(H,59,67)/t39-,40-,41+,45?,46+,47?,48-,50-,55+,56-,57+/m0/s1. The molecule has 2 unspecified atom stereocenters. The number of Topliss-reactive ketones (excluding diaryl/α,β-unsaturated/α-hetero) is 1. The van der Waals surface area contributed by atoms with Crippen LogP contribution >= 0.6 is 0 Å². The van der Waals surface area contributed by atoms with Gasteiger partial charge in [0.1, 0.15) is 30.0 Å². The second-order valence-corrected chi connectivity index (χ2v) is 21.2. The Morgan fingerprint density at radius 1 is 0.816 bits per heavy atom. The van der Waals surface area contributed by atoms with Crippen molar-refractivity contribution in [1.82, 2.24) is 15.5 Å². The fraction of sp³-hybridized carbons (Fsp3) is 0.509. The van der Waals surface area contributed by atoms with Crippen LogP contribution in [0.15, 0.2) is 102 Å². The first-order valence-electron chi connectivity index (χ1n) is 25.6. The van der Waals surface area contributed by atoms with Crippen LogP contribution in [0, 0.1) is 16.7 Å². The van der Waals surface area contributed by atoms with E-state index in [9.17, 15) is 39.0 Å². The minimum Gasteiger partial charge on any atom is -0.455 e. The molecule has 3 aliphatic carbocycles. The van der Waals surface area contributed by atoms with Crippen LogP contribution in [-0.2, 0) is 57.2 Å². The van der Waals surface area contributed by atoms with E-state index in [1.165, 1.54) is 26.0 Å². The average molecular weight is 1050 g/mol. The van der Waals surface area contributed by atoms with Crippen molar-refractivity contribution in [2.75, 3.05) is 33.8 Å². The number of esters is 5. The van der Waals surface area contributed by atoms with Crippen molar-refractivity contribution < 1.29 is 77.0 Å².